The highest BCUT2D eigenvalue weighted by Crippen LogP contribution is 2.36. The maximum Gasteiger partial charge on any atom is 0.344 e. The minimum atomic E-state index is -0.854. The van der Waals surface area contributed by atoms with Gasteiger partial charge in [-0.1, -0.05) is 47.7 Å². The first-order chi connectivity index (χ1) is 21.8. The van der Waals surface area contributed by atoms with Crippen LogP contribution in [0.4, 0.5) is 0 Å². The van der Waals surface area contributed by atoms with Crippen LogP contribution in [0.5, 0.6) is 17.2 Å². The van der Waals surface area contributed by atoms with Crippen molar-refractivity contribution in [2.75, 3.05) is 33.5 Å². The zero-order chi connectivity index (χ0) is 32.1. The fraction of sp³-hybridized carbons (Fsp3) is 0.294. The highest BCUT2D eigenvalue weighted by Gasteiger charge is 2.34. The van der Waals surface area contributed by atoms with Crippen molar-refractivity contribution in [1.82, 2.24) is 4.57 Å². The molecular weight excluding hydrogens is 596 g/mol. The summed E-state index contributed by atoms with van der Waals surface area (Å²) in [6.07, 6.45) is 1.84. The van der Waals surface area contributed by atoms with Crippen molar-refractivity contribution < 1.29 is 33.3 Å². The summed E-state index contributed by atoms with van der Waals surface area (Å²) in [5.74, 6) is 0.307. The number of carbonyl (C=O) groups is 2. The predicted octanol–water partition coefficient (Wildman–Crippen LogP) is 4.30. The van der Waals surface area contributed by atoms with Gasteiger partial charge >= 0.3 is 11.9 Å². The van der Waals surface area contributed by atoms with E-state index in [1.807, 2.05) is 49.4 Å². The molecule has 1 aromatic heterocycles. The van der Waals surface area contributed by atoms with Crippen LogP contribution >= 0.6 is 11.3 Å². The molecule has 1 atom stereocenters. The van der Waals surface area contributed by atoms with Crippen LogP contribution in [-0.4, -0.2) is 50.0 Å². The van der Waals surface area contributed by atoms with Gasteiger partial charge in [-0.3, -0.25) is 9.36 Å². The second-order valence-electron chi connectivity index (χ2n) is 9.94. The van der Waals surface area contributed by atoms with Gasteiger partial charge in [-0.15, -0.1) is 0 Å². The number of hydrogen-bond acceptors (Lipinski definition) is 10. The SMILES string of the molecule is CCOC(=O)COc1ccc(C2C(C(=O)OCC)=C(C)N=c3sc(=Cc4ccc(OCC)c5ccccc45)c(=O)n32)cc1OC. The minimum absolute atomic E-state index is 0.154. The Hall–Kier alpha value is -4.90. The van der Waals surface area contributed by atoms with Gasteiger partial charge < -0.3 is 23.7 Å². The van der Waals surface area contributed by atoms with Crippen LogP contribution in [0.25, 0.3) is 16.8 Å². The van der Waals surface area contributed by atoms with Crippen molar-refractivity contribution in [2.24, 2.45) is 4.99 Å². The van der Waals surface area contributed by atoms with Crippen LogP contribution < -0.4 is 29.1 Å². The number of esters is 2. The molecule has 1 unspecified atom stereocenters. The van der Waals surface area contributed by atoms with Crippen molar-refractivity contribution in [3.63, 3.8) is 0 Å². The Labute approximate surface area is 263 Å². The lowest BCUT2D eigenvalue weighted by Crippen LogP contribution is -2.40. The largest absolute Gasteiger partial charge is 0.493 e. The molecule has 0 aliphatic carbocycles. The van der Waals surface area contributed by atoms with E-state index in [1.165, 1.54) is 23.0 Å². The van der Waals surface area contributed by atoms with Gasteiger partial charge in [-0.05, 0) is 68.5 Å². The first-order valence-electron chi connectivity index (χ1n) is 14.6. The van der Waals surface area contributed by atoms with Gasteiger partial charge in [0.1, 0.15) is 5.75 Å². The number of aromatic nitrogens is 1. The zero-order valence-electron chi connectivity index (χ0n) is 25.7. The fourth-order valence-electron chi connectivity index (χ4n) is 5.26. The summed E-state index contributed by atoms with van der Waals surface area (Å²) in [4.78, 5) is 44.5. The molecular formula is C34H34N2O8S. The standard InChI is InChI=1S/C34H34N2O8S/c1-6-41-25-15-13-21(23-11-9-10-12-24(23)25)18-28-32(38)36-31(30(33(39)43-8-3)20(4)35-34(36)45-28)22-14-16-26(27(17-22)40-5)44-19-29(37)42-7-2/h9-18,31H,6-8,19H2,1-5H3. The van der Waals surface area contributed by atoms with Crippen LogP contribution in [0.2, 0.25) is 0 Å². The average Bonchev–Trinajstić information content (AvgIpc) is 3.34. The summed E-state index contributed by atoms with van der Waals surface area (Å²) in [5, 5.41) is 1.88. The molecule has 2 heterocycles. The molecule has 45 heavy (non-hydrogen) atoms. The smallest absolute Gasteiger partial charge is 0.344 e. The Balaban J connectivity index is 1.66. The molecule has 0 N–H and O–H groups in total. The molecule has 3 aromatic carbocycles. The Bertz CT molecular complexity index is 1970. The van der Waals surface area contributed by atoms with Crippen molar-refractivity contribution in [3.8, 4) is 17.2 Å². The number of carbonyl (C=O) groups excluding carboxylic acids is 2. The third-order valence-corrected chi connectivity index (χ3v) is 8.16. The van der Waals surface area contributed by atoms with Gasteiger partial charge in [0, 0.05) is 5.39 Å². The third-order valence-electron chi connectivity index (χ3n) is 7.18. The molecule has 0 amide bonds. The lowest BCUT2D eigenvalue weighted by Gasteiger charge is -2.25. The molecule has 234 valence electrons. The molecule has 0 spiro atoms. The highest BCUT2D eigenvalue weighted by molar-refractivity contribution is 7.07. The topological polar surface area (TPSA) is 115 Å². The van der Waals surface area contributed by atoms with E-state index < -0.39 is 18.0 Å². The summed E-state index contributed by atoms with van der Waals surface area (Å²) >= 11 is 1.24. The van der Waals surface area contributed by atoms with E-state index in [4.69, 9.17) is 23.7 Å². The van der Waals surface area contributed by atoms with Crippen LogP contribution in [0.15, 0.2) is 75.7 Å². The van der Waals surface area contributed by atoms with Crippen molar-refractivity contribution >= 4 is 40.1 Å². The molecule has 11 heteroatoms. The van der Waals surface area contributed by atoms with Gasteiger partial charge in [0.25, 0.3) is 5.56 Å². The number of rotatable bonds is 11. The quantitative estimate of drug-likeness (QED) is 0.226. The van der Waals surface area contributed by atoms with Gasteiger partial charge in [-0.25, -0.2) is 14.6 Å². The second kappa shape index (κ2) is 13.8. The first kappa shape index (κ1) is 31.5. The van der Waals surface area contributed by atoms with E-state index in [1.54, 1.807) is 39.0 Å². The molecule has 0 fully saturated rings. The number of fused-ring (bicyclic) bond motifs is 2. The van der Waals surface area contributed by atoms with Crippen molar-refractivity contribution in [2.45, 2.75) is 33.7 Å². The summed E-state index contributed by atoms with van der Waals surface area (Å²) < 4.78 is 29.4. The number of benzene rings is 3. The predicted molar refractivity (Wildman–Crippen MR) is 171 cm³/mol. The summed E-state index contributed by atoms with van der Waals surface area (Å²) in [6, 6.07) is 15.9. The van der Waals surface area contributed by atoms with E-state index >= 15 is 0 Å². The maximum atomic E-state index is 14.2. The summed E-state index contributed by atoms with van der Waals surface area (Å²) in [6.45, 7) is 7.72. The Kier molecular flexibility index (Phi) is 9.68. The second-order valence-corrected chi connectivity index (χ2v) is 10.9. The van der Waals surface area contributed by atoms with E-state index in [9.17, 15) is 14.4 Å². The zero-order valence-corrected chi connectivity index (χ0v) is 26.6. The maximum absolute atomic E-state index is 14.2. The molecule has 0 saturated heterocycles. The van der Waals surface area contributed by atoms with E-state index in [0.29, 0.717) is 38.7 Å². The Morgan fingerprint density at radius 2 is 1.64 bits per heavy atom. The number of nitrogens with zero attached hydrogens (tertiary/aromatic N) is 2. The first-order valence-corrected chi connectivity index (χ1v) is 15.4. The van der Waals surface area contributed by atoms with Gasteiger partial charge in [-0.2, -0.15) is 0 Å². The number of ether oxygens (including phenoxy) is 5. The Morgan fingerprint density at radius 3 is 2.36 bits per heavy atom. The summed E-state index contributed by atoms with van der Waals surface area (Å²) in [7, 11) is 1.47. The molecule has 1 aliphatic rings. The van der Waals surface area contributed by atoms with Crippen LogP contribution in [0.1, 0.15) is 44.9 Å². The van der Waals surface area contributed by atoms with Crippen LogP contribution in [0.3, 0.4) is 0 Å². The van der Waals surface area contributed by atoms with Gasteiger partial charge in [0.2, 0.25) is 0 Å². The lowest BCUT2D eigenvalue weighted by atomic mass is 9.95. The van der Waals surface area contributed by atoms with E-state index in [-0.39, 0.29) is 31.0 Å². The molecule has 10 nitrogen and oxygen atoms in total. The van der Waals surface area contributed by atoms with E-state index in [2.05, 4.69) is 4.99 Å². The molecule has 1 aliphatic heterocycles. The number of allylic oxidation sites excluding steroid dienone is 1. The van der Waals surface area contributed by atoms with Crippen LogP contribution in [-0.2, 0) is 19.1 Å². The highest BCUT2D eigenvalue weighted by atomic mass is 32.1. The van der Waals surface area contributed by atoms with Gasteiger partial charge in [0.05, 0.1) is 48.8 Å². The van der Waals surface area contributed by atoms with Gasteiger partial charge in [0.15, 0.2) is 22.9 Å². The third kappa shape index (κ3) is 6.34. The molecule has 0 bridgehead atoms. The number of thiazole rings is 1. The number of methoxy groups -OCH3 is 1. The number of hydrogen-bond donors (Lipinski definition) is 0. The molecule has 4 aromatic rings. The summed E-state index contributed by atoms with van der Waals surface area (Å²) in [5.41, 5.74) is 1.80. The van der Waals surface area contributed by atoms with Crippen molar-refractivity contribution in [1.29, 1.82) is 0 Å². The Morgan fingerprint density at radius 1 is 0.911 bits per heavy atom. The fourth-order valence-corrected chi connectivity index (χ4v) is 6.30. The molecule has 5 rings (SSSR count). The lowest BCUT2D eigenvalue weighted by molar-refractivity contribution is -0.145. The molecule has 0 saturated carbocycles. The van der Waals surface area contributed by atoms with Crippen LogP contribution in [0, 0.1) is 0 Å². The van der Waals surface area contributed by atoms with E-state index in [0.717, 1.165) is 22.1 Å². The van der Waals surface area contributed by atoms with Crippen molar-refractivity contribution in [3.05, 3.63) is 96.7 Å². The molecule has 0 radical (unpaired) electrons. The monoisotopic (exact) mass is 630 g/mol. The normalized spacial score (nSPS) is 14.5. The average molecular weight is 631 g/mol. The minimum Gasteiger partial charge on any atom is -0.493 e.